The zero-order valence-electron chi connectivity index (χ0n) is 13.4. The standard InChI is InChI=1S/C16H23N3O2S/c1-12(2)10-19-11-15(9-17-19)18-13(3)14-5-7-16(8-6-14)22(4,20)21/h5-9,11-13,18H,10H2,1-4H3. The maximum absolute atomic E-state index is 11.5. The Bertz CT molecular complexity index is 718. The Kier molecular flexibility index (Phi) is 4.90. The minimum atomic E-state index is -3.15. The molecule has 1 unspecified atom stereocenters. The average molecular weight is 321 g/mol. The maximum Gasteiger partial charge on any atom is 0.175 e. The monoisotopic (exact) mass is 321 g/mol. The van der Waals surface area contributed by atoms with Gasteiger partial charge in [-0.3, -0.25) is 4.68 Å². The highest BCUT2D eigenvalue weighted by Gasteiger charge is 2.10. The predicted octanol–water partition coefficient (Wildman–Crippen LogP) is 3.12. The number of nitrogens with one attached hydrogen (secondary N) is 1. The van der Waals surface area contributed by atoms with Crippen LogP contribution in [-0.4, -0.2) is 24.5 Å². The van der Waals surface area contributed by atoms with Crippen molar-refractivity contribution in [2.75, 3.05) is 11.6 Å². The van der Waals surface area contributed by atoms with Gasteiger partial charge in [-0.25, -0.2) is 8.42 Å². The number of hydrogen-bond acceptors (Lipinski definition) is 4. The lowest BCUT2D eigenvalue weighted by molar-refractivity contribution is 0.483. The second-order valence-corrected chi connectivity index (χ2v) is 8.07. The van der Waals surface area contributed by atoms with Crippen molar-refractivity contribution in [3.8, 4) is 0 Å². The van der Waals surface area contributed by atoms with Gasteiger partial charge in [0.2, 0.25) is 0 Å². The zero-order valence-corrected chi connectivity index (χ0v) is 14.3. The fraction of sp³-hybridized carbons (Fsp3) is 0.438. The van der Waals surface area contributed by atoms with Gasteiger partial charge in [0.05, 0.1) is 16.8 Å². The van der Waals surface area contributed by atoms with Crippen LogP contribution in [0.2, 0.25) is 0 Å². The molecule has 120 valence electrons. The third kappa shape index (κ3) is 4.34. The van der Waals surface area contributed by atoms with Crippen LogP contribution in [0.5, 0.6) is 0 Å². The smallest absolute Gasteiger partial charge is 0.175 e. The molecule has 0 saturated carbocycles. The summed E-state index contributed by atoms with van der Waals surface area (Å²) in [6.45, 7) is 7.23. The van der Waals surface area contributed by atoms with E-state index < -0.39 is 9.84 Å². The summed E-state index contributed by atoms with van der Waals surface area (Å²) in [6.07, 6.45) is 5.01. The van der Waals surface area contributed by atoms with E-state index in [1.807, 2.05) is 36.1 Å². The first-order valence-electron chi connectivity index (χ1n) is 7.34. The summed E-state index contributed by atoms with van der Waals surface area (Å²) in [4.78, 5) is 0.341. The third-order valence-electron chi connectivity index (χ3n) is 3.38. The molecule has 2 rings (SSSR count). The summed E-state index contributed by atoms with van der Waals surface area (Å²) in [5, 5.41) is 7.70. The molecule has 2 aromatic rings. The number of aromatic nitrogens is 2. The first-order valence-corrected chi connectivity index (χ1v) is 9.24. The van der Waals surface area contributed by atoms with Gasteiger partial charge in [-0.2, -0.15) is 5.10 Å². The lowest BCUT2D eigenvalue weighted by Crippen LogP contribution is -2.07. The topological polar surface area (TPSA) is 64.0 Å². The third-order valence-corrected chi connectivity index (χ3v) is 4.51. The van der Waals surface area contributed by atoms with Gasteiger partial charge in [-0.1, -0.05) is 26.0 Å². The Labute approximate surface area is 132 Å². The molecule has 0 radical (unpaired) electrons. The lowest BCUT2D eigenvalue weighted by Gasteiger charge is -2.14. The molecule has 6 heteroatoms. The summed E-state index contributed by atoms with van der Waals surface area (Å²) in [5.41, 5.74) is 1.99. The van der Waals surface area contributed by atoms with Crippen LogP contribution in [-0.2, 0) is 16.4 Å². The first kappa shape index (κ1) is 16.5. The van der Waals surface area contributed by atoms with Gasteiger partial charge in [0.1, 0.15) is 0 Å². The van der Waals surface area contributed by atoms with Gasteiger partial charge in [-0.05, 0) is 30.5 Å². The number of hydrogen-bond donors (Lipinski definition) is 1. The molecule has 0 spiro atoms. The molecule has 0 aliphatic carbocycles. The van der Waals surface area contributed by atoms with E-state index in [1.54, 1.807) is 12.1 Å². The van der Waals surface area contributed by atoms with Crippen LogP contribution in [0.3, 0.4) is 0 Å². The molecule has 22 heavy (non-hydrogen) atoms. The molecule has 1 aromatic carbocycles. The Balaban J connectivity index is 2.05. The van der Waals surface area contributed by atoms with E-state index >= 15 is 0 Å². The lowest BCUT2D eigenvalue weighted by atomic mass is 10.1. The first-order chi connectivity index (χ1) is 10.3. The zero-order chi connectivity index (χ0) is 16.3. The van der Waals surface area contributed by atoms with E-state index in [-0.39, 0.29) is 6.04 Å². The molecular formula is C16H23N3O2S. The SMILES string of the molecule is CC(C)Cn1cc(NC(C)c2ccc(S(C)(=O)=O)cc2)cn1. The van der Waals surface area contributed by atoms with Crippen LogP contribution in [0.25, 0.3) is 0 Å². The molecule has 0 saturated heterocycles. The van der Waals surface area contributed by atoms with Gasteiger partial charge in [0.15, 0.2) is 9.84 Å². The van der Waals surface area contributed by atoms with Crippen LogP contribution in [0.4, 0.5) is 5.69 Å². The van der Waals surface area contributed by atoms with Crippen molar-refractivity contribution in [3.63, 3.8) is 0 Å². The van der Waals surface area contributed by atoms with E-state index in [0.717, 1.165) is 17.8 Å². The fourth-order valence-electron chi connectivity index (χ4n) is 2.25. The highest BCUT2D eigenvalue weighted by Crippen LogP contribution is 2.20. The Morgan fingerprint density at radius 1 is 1.18 bits per heavy atom. The predicted molar refractivity (Wildman–Crippen MR) is 88.7 cm³/mol. The number of sulfone groups is 1. The Morgan fingerprint density at radius 3 is 2.36 bits per heavy atom. The summed E-state index contributed by atoms with van der Waals surface area (Å²) < 4.78 is 24.9. The molecule has 0 fully saturated rings. The normalized spacial score (nSPS) is 13.3. The summed E-state index contributed by atoms with van der Waals surface area (Å²) in [6, 6.07) is 7.04. The molecule has 1 heterocycles. The summed E-state index contributed by atoms with van der Waals surface area (Å²) >= 11 is 0. The van der Waals surface area contributed by atoms with Gasteiger partial charge in [0, 0.05) is 25.0 Å². The molecular weight excluding hydrogens is 298 g/mol. The van der Waals surface area contributed by atoms with Gasteiger partial charge >= 0.3 is 0 Å². The van der Waals surface area contributed by atoms with Crippen LogP contribution >= 0.6 is 0 Å². The number of benzene rings is 1. The molecule has 0 amide bonds. The molecule has 1 N–H and O–H groups in total. The number of nitrogens with zero attached hydrogens (tertiary/aromatic N) is 2. The van der Waals surface area contributed by atoms with Crippen LogP contribution < -0.4 is 5.32 Å². The van der Waals surface area contributed by atoms with Crippen molar-refractivity contribution in [1.82, 2.24) is 9.78 Å². The molecule has 1 atom stereocenters. The molecule has 0 aliphatic rings. The number of anilines is 1. The molecule has 1 aromatic heterocycles. The van der Waals surface area contributed by atoms with Gasteiger partial charge in [-0.15, -0.1) is 0 Å². The van der Waals surface area contributed by atoms with E-state index in [0.29, 0.717) is 10.8 Å². The van der Waals surface area contributed by atoms with Crippen LogP contribution in [0.1, 0.15) is 32.4 Å². The average Bonchev–Trinajstić information content (AvgIpc) is 2.84. The van der Waals surface area contributed by atoms with Crippen molar-refractivity contribution < 1.29 is 8.42 Å². The summed E-state index contributed by atoms with van der Waals surface area (Å²) in [7, 11) is -3.15. The van der Waals surface area contributed by atoms with Crippen molar-refractivity contribution in [1.29, 1.82) is 0 Å². The molecule has 0 bridgehead atoms. The summed E-state index contributed by atoms with van der Waals surface area (Å²) in [5.74, 6) is 0.550. The minimum Gasteiger partial charge on any atom is -0.376 e. The van der Waals surface area contributed by atoms with Crippen molar-refractivity contribution in [2.24, 2.45) is 5.92 Å². The molecule has 0 aliphatic heterocycles. The second kappa shape index (κ2) is 6.52. The van der Waals surface area contributed by atoms with E-state index in [9.17, 15) is 8.42 Å². The van der Waals surface area contributed by atoms with Crippen LogP contribution in [0, 0.1) is 5.92 Å². The van der Waals surface area contributed by atoms with Crippen LogP contribution in [0.15, 0.2) is 41.6 Å². The quantitative estimate of drug-likeness (QED) is 0.888. The highest BCUT2D eigenvalue weighted by molar-refractivity contribution is 7.90. The van der Waals surface area contributed by atoms with E-state index in [1.165, 1.54) is 6.26 Å². The molecule has 5 nitrogen and oxygen atoms in total. The minimum absolute atomic E-state index is 0.0744. The Morgan fingerprint density at radius 2 is 1.82 bits per heavy atom. The van der Waals surface area contributed by atoms with Crippen molar-refractivity contribution in [3.05, 3.63) is 42.2 Å². The second-order valence-electron chi connectivity index (χ2n) is 6.05. The Hall–Kier alpha value is -1.82. The fourth-order valence-corrected chi connectivity index (χ4v) is 2.88. The van der Waals surface area contributed by atoms with Gasteiger partial charge < -0.3 is 5.32 Å². The van der Waals surface area contributed by atoms with E-state index in [2.05, 4.69) is 24.3 Å². The van der Waals surface area contributed by atoms with Crippen molar-refractivity contribution in [2.45, 2.75) is 38.3 Å². The van der Waals surface area contributed by atoms with Gasteiger partial charge in [0.25, 0.3) is 0 Å². The van der Waals surface area contributed by atoms with Crippen molar-refractivity contribution >= 4 is 15.5 Å². The van der Waals surface area contributed by atoms with E-state index in [4.69, 9.17) is 0 Å². The largest absolute Gasteiger partial charge is 0.376 e. The highest BCUT2D eigenvalue weighted by atomic mass is 32.2. The number of rotatable bonds is 6. The maximum atomic E-state index is 11.5.